The third-order valence-electron chi connectivity index (χ3n) is 2.98. The molecule has 5 nitrogen and oxygen atoms in total. The summed E-state index contributed by atoms with van der Waals surface area (Å²) in [6.45, 7) is 4.45. The Balaban J connectivity index is 2.47. The van der Waals surface area contributed by atoms with Crippen LogP contribution in [0.1, 0.15) is 19.4 Å². The van der Waals surface area contributed by atoms with Crippen LogP contribution in [0.15, 0.2) is 24.3 Å². The molecule has 0 saturated carbocycles. The second-order valence-electron chi connectivity index (χ2n) is 5.68. The van der Waals surface area contributed by atoms with E-state index < -0.39 is 10.0 Å². The highest BCUT2D eigenvalue weighted by atomic mass is 35.5. The summed E-state index contributed by atoms with van der Waals surface area (Å²) >= 11 is 5.89. The first kappa shape index (κ1) is 18.9. The van der Waals surface area contributed by atoms with Gasteiger partial charge in [-0.05, 0) is 30.0 Å². The van der Waals surface area contributed by atoms with Gasteiger partial charge in [0.05, 0.1) is 12.8 Å². The SMILES string of the molecule is CC(C)CN(CC(=O)NCCc1cccc(Cl)c1)S(C)(=O)=O. The van der Waals surface area contributed by atoms with Gasteiger partial charge in [-0.1, -0.05) is 37.6 Å². The van der Waals surface area contributed by atoms with E-state index in [-0.39, 0.29) is 18.4 Å². The molecular weight excluding hydrogens is 324 g/mol. The molecule has 1 amide bonds. The second kappa shape index (κ2) is 8.50. The second-order valence-corrected chi connectivity index (χ2v) is 8.10. The number of rotatable bonds is 8. The molecule has 7 heteroatoms. The van der Waals surface area contributed by atoms with Crippen LogP contribution < -0.4 is 5.32 Å². The standard InChI is InChI=1S/C15H23ClN2O3S/c1-12(2)10-18(22(3,20)21)11-15(19)17-8-7-13-5-4-6-14(16)9-13/h4-6,9,12H,7-8,10-11H2,1-3H3,(H,17,19). The predicted octanol–water partition coefficient (Wildman–Crippen LogP) is 1.92. The highest BCUT2D eigenvalue weighted by Crippen LogP contribution is 2.10. The van der Waals surface area contributed by atoms with Crippen molar-refractivity contribution in [1.29, 1.82) is 0 Å². The number of carbonyl (C=O) groups is 1. The number of carbonyl (C=O) groups excluding carboxylic acids is 1. The van der Waals surface area contributed by atoms with E-state index in [0.29, 0.717) is 24.5 Å². The molecule has 0 fully saturated rings. The van der Waals surface area contributed by atoms with Crippen molar-refractivity contribution in [2.45, 2.75) is 20.3 Å². The van der Waals surface area contributed by atoms with E-state index in [2.05, 4.69) is 5.32 Å². The van der Waals surface area contributed by atoms with Gasteiger partial charge in [-0.15, -0.1) is 0 Å². The van der Waals surface area contributed by atoms with E-state index in [0.717, 1.165) is 11.8 Å². The van der Waals surface area contributed by atoms with E-state index >= 15 is 0 Å². The summed E-state index contributed by atoms with van der Waals surface area (Å²) in [6.07, 6.45) is 1.77. The van der Waals surface area contributed by atoms with Gasteiger partial charge >= 0.3 is 0 Å². The molecule has 0 radical (unpaired) electrons. The molecule has 1 aromatic rings. The number of nitrogens with one attached hydrogen (secondary N) is 1. The fraction of sp³-hybridized carbons (Fsp3) is 0.533. The van der Waals surface area contributed by atoms with Crippen LogP contribution in [0.25, 0.3) is 0 Å². The quantitative estimate of drug-likeness (QED) is 0.782. The van der Waals surface area contributed by atoms with E-state index in [1.54, 1.807) is 6.07 Å². The van der Waals surface area contributed by atoms with Gasteiger partial charge in [0, 0.05) is 18.1 Å². The molecule has 0 saturated heterocycles. The summed E-state index contributed by atoms with van der Waals surface area (Å²) < 4.78 is 24.5. The maximum absolute atomic E-state index is 11.9. The van der Waals surface area contributed by atoms with Crippen molar-refractivity contribution in [3.8, 4) is 0 Å². The normalized spacial score (nSPS) is 11.9. The molecule has 0 unspecified atom stereocenters. The van der Waals surface area contributed by atoms with Gasteiger partial charge in [-0.3, -0.25) is 4.79 Å². The lowest BCUT2D eigenvalue weighted by Gasteiger charge is -2.21. The zero-order chi connectivity index (χ0) is 16.8. The monoisotopic (exact) mass is 346 g/mol. The van der Waals surface area contributed by atoms with Gasteiger partial charge in [0.1, 0.15) is 0 Å². The summed E-state index contributed by atoms with van der Waals surface area (Å²) in [5.74, 6) is -0.137. The number of amides is 1. The van der Waals surface area contributed by atoms with Crippen LogP contribution in [0.2, 0.25) is 5.02 Å². The Kier molecular flexibility index (Phi) is 7.32. The Hall–Kier alpha value is -1.11. The van der Waals surface area contributed by atoms with Gasteiger partial charge in [-0.2, -0.15) is 4.31 Å². The summed E-state index contributed by atoms with van der Waals surface area (Å²) in [6, 6.07) is 7.42. The summed E-state index contributed by atoms with van der Waals surface area (Å²) in [7, 11) is -3.38. The summed E-state index contributed by atoms with van der Waals surface area (Å²) in [4.78, 5) is 11.9. The largest absolute Gasteiger partial charge is 0.355 e. The van der Waals surface area contributed by atoms with Gasteiger partial charge in [0.25, 0.3) is 0 Å². The maximum Gasteiger partial charge on any atom is 0.235 e. The first-order valence-corrected chi connectivity index (χ1v) is 9.37. The highest BCUT2D eigenvalue weighted by Gasteiger charge is 2.20. The number of nitrogens with zero attached hydrogens (tertiary/aromatic N) is 1. The Labute approximate surface area is 137 Å². The molecule has 1 rings (SSSR count). The van der Waals surface area contributed by atoms with Crippen molar-refractivity contribution in [2.24, 2.45) is 5.92 Å². The molecule has 0 bridgehead atoms. The average Bonchev–Trinajstić information content (AvgIpc) is 2.36. The molecule has 0 aliphatic heterocycles. The van der Waals surface area contributed by atoms with Crippen molar-refractivity contribution < 1.29 is 13.2 Å². The Morgan fingerprint density at radius 1 is 1.36 bits per heavy atom. The van der Waals surface area contributed by atoms with Crippen molar-refractivity contribution in [2.75, 3.05) is 25.9 Å². The van der Waals surface area contributed by atoms with Crippen molar-refractivity contribution >= 4 is 27.5 Å². The number of hydrogen-bond donors (Lipinski definition) is 1. The van der Waals surface area contributed by atoms with Gasteiger partial charge in [0.15, 0.2) is 0 Å². The predicted molar refractivity (Wildman–Crippen MR) is 89.4 cm³/mol. The Morgan fingerprint density at radius 2 is 2.05 bits per heavy atom. The zero-order valence-corrected chi connectivity index (χ0v) is 14.7. The lowest BCUT2D eigenvalue weighted by Crippen LogP contribution is -2.42. The minimum Gasteiger partial charge on any atom is -0.355 e. The highest BCUT2D eigenvalue weighted by molar-refractivity contribution is 7.88. The molecule has 22 heavy (non-hydrogen) atoms. The first-order chi connectivity index (χ1) is 10.2. The fourth-order valence-corrected chi connectivity index (χ4v) is 3.11. The van der Waals surface area contributed by atoms with E-state index in [4.69, 9.17) is 11.6 Å². The smallest absolute Gasteiger partial charge is 0.235 e. The van der Waals surface area contributed by atoms with E-state index in [9.17, 15) is 13.2 Å². The van der Waals surface area contributed by atoms with Crippen LogP contribution in [0.4, 0.5) is 0 Å². The summed E-state index contributed by atoms with van der Waals surface area (Å²) in [5, 5.41) is 3.39. The fourth-order valence-electron chi connectivity index (χ4n) is 1.98. The van der Waals surface area contributed by atoms with Crippen LogP contribution in [-0.2, 0) is 21.2 Å². The molecule has 0 atom stereocenters. The van der Waals surface area contributed by atoms with Crippen molar-refractivity contribution in [3.05, 3.63) is 34.9 Å². The molecule has 0 aliphatic rings. The maximum atomic E-state index is 11.9. The lowest BCUT2D eigenvalue weighted by molar-refractivity contribution is -0.121. The van der Waals surface area contributed by atoms with Crippen LogP contribution in [0, 0.1) is 5.92 Å². The number of benzene rings is 1. The molecular formula is C15H23ClN2O3S. The van der Waals surface area contributed by atoms with E-state index in [1.165, 1.54) is 4.31 Å². The molecule has 0 spiro atoms. The average molecular weight is 347 g/mol. The summed E-state index contributed by atoms with van der Waals surface area (Å²) in [5.41, 5.74) is 1.02. The third kappa shape index (κ3) is 7.24. The Morgan fingerprint density at radius 3 is 2.59 bits per heavy atom. The van der Waals surface area contributed by atoms with E-state index in [1.807, 2.05) is 32.0 Å². The van der Waals surface area contributed by atoms with Crippen LogP contribution in [-0.4, -0.2) is 44.5 Å². The van der Waals surface area contributed by atoms with Gasteiger partial charge in [-0.25, -0.2) is 8.42 Å². The number of halogens is 1. The molecule has 0 heterocycles. The number of hydrogen-bond acceptors (Lipinski definition) is 3. The number of sulfonamides is 1. The molecule has 124 valence electrons. The van der Waals surface area contributed by atoms with Gasteiger partial charge in [0.2, 0.25) is 15.9 Å². The third-order valence-corrected chi connectivity index (χ3v) is 4.43. The molecule has 1 N–H and O–H groups in total. The zero-order valence-electron chi connectivity index (χ0n) is 13.2. The first-order valence-electron chi connectivity index (χ1n) is 7.14. The molecule has 0 aromatic heterocycles. The lowest BCUT2D eigenvalue weighted by atomic mass is 10.1. The topological polar surface area (TPSA) is 66.5 Å². The van der Waals surface area contributed by atoms with Crippen LogP contribution in [0.5, 0.6) is 0 Å². The molecule has 1 aromatic carbocycles. The van der Waals surface area contributed by atoms with Crippen LogP contribution in [0.3, 0.4) is 0 Å². The van der Waals surface area contributed by atoms with Crippen LogP contribution >= 0.6 is 11.6 Å². The Bertz CT molecular complexity index is 603. The van der Waals surface area contributed by atoms with Gasteiger partial charge < -0.3 is 5.32 Å². The van der Waals surface area contributed by atoms with Crippen molar-refractivity contribution in [3.63, 3.8) is 0 Å². The van der Waals surface area contributed by atoms with Crippen molar-refractivity contribution in [1.82, 2.24) is 9.62 Å². The minimum absolute atomic E-state index is 0.146. The minimum atomic E-state index is -3.38. The molecule has 0 aliphatic carbocycles.